The van der Waals surface area contributed by atoms with Gasteiger partial charge < -0.3 is 10.2 Å². The molecule has 1 aliphatic rings. The Morgan fingerprint density at radius 2 is 1.77 bits per heavy atom. The number of nitrogens with one attached hydrogen (secondary N) is 1. The number of benzene rings is 1. The molecule has 7 heteroatoms. The molecule has 3 rings (SSSR count). The highest BCUT2D eigenvalue weighted by Crippen LogP contribution is 2.23. The summed E-state index contributed by atoms with van der Waals surface area (Å²) in [4.78, 5) is 32.6. The Hall–Kier alpha value is -2.22. The molecule has 0 spiro atoms. The number of carbonyl (C=O) groups excluding carboxylic acids is 2. The van der Waals surface area contributed by atoms with Gasteiger partial charge in [-0.2, -0.15) is 0 Å². The van der Waals surface area contributed by atoms with E-state index in [2.05, 4.69) is 33.5 Å². The van der Waals surface area contributed by atoms with Crippen LogP contribution >= 0.6 is 11.3 Å². The molecule has 0 radical (unpaired) electrons. The number of hydrogen-bond donors (Lipinski definition) is 1. The van der Waals surface area contributed by atoms with Gasteiger partial charge in [0.05, 0.1) is 13.1 Å². The van der Waals surface area contributed by atoms with Gasteiger partial charge in [0, 0.05) is 42.8 Å². The van der Waals surface area contributed by atoms with Crippen molar-refractivity contribution in [1.29, 1.82) is 0 Å². The van der Waals surface area contributed by atoms with Crippen molar-refractivity contribution in [2.24, 2.45) is 0 Å². The molecule has 1 atom stereocenters. The Balaban J connectivity index is 1.44. The summed E-state index contributed by atoms with van der Waals surface area (Å²) in [6, 6.07) is 10.4. The van der Waals surface area contributed by atoms with E-state index < -0.39 is 0 Å². The number of amides is 2. The third kappa shape index (κ3) is 5.68. The molecule has 1 aromatic heterocycles. The van der Waals surface area contributed by atoms with Crippen LogP contribution in [0.4, 0.5) is 5.69 Å². The second-order valence-electron chi connectivity index (χ2n) is 8.08. The Kier molecular flexibility index (Phi) is 7.64. The van der Waals surface area contributed by atoms with Gasteiger partial charge in [-0.3, -0.25) is 19.4 Å². The quantitative estimate of drug-likeness (QED) is 0.736. The van der Waals surface area contributed by atoms with E-state index >= 15 is 0 Å². The first-order valence-electron chi connectivity index (χ1n) is 10.4. The highest BCUT2D eigenvalue weighted by molar-refractivity contribution is 7.10. The fraction of sp³-hybridized carbons (Fsp3) is 0.478. The number of carbonyl (C=O) groups is 2. The first-order chi connectivity index (χ1) is 14.3. The Morgan fingerprint density at radius 3 is 2.37 bits per heavy atom. The molecule has 6 nitrogen and oxygen atoms in total. The van der Waals surface area contributed by atoms with Crippen LogP contribution in [-0.4, -0.2) is 72.8 Å². The molecule has 30 heavy (non-hydrogen) atoms. The normalized spacial score (nSPS) is 16.0. The summed E-state index contributed by atoms with van der Waals surface area (Å²) < 4.78 is 0. The van der Waals surface area contributed by atoms with Gasteiger partial charge in [-0.25, -0.2) is 0 Å². The van der Waals surface area contributed by atoms with Crippen LogP contribution in [0.5, 0.6) is 0 Å². The van der Waals surface area contributed by atoms with E-state index in [-0.39, 0.29) is 17.9 Å². The molecule has 0 aliphatic carbocycles. The van der Waals surface area contributed by atoms with E-state index in [1.807, 2.05) is 50.1 Å². The molecule has 1 aromatic carbocycles. The SMILES string of the molecule is Cc1cccc(C)c1NC(=O)CN1CCN(C(=O)CN(C)C(C)c2cccs2)CC1. The zero-order valence-electron chi connectivity index (χ0n) is 18.4. The van der Waals surface area contributed by atoms with Crippen molar-refractivity contribution in [3.63, 3.8) is 0 Å². The highest BCUT2D eigenvalue weighted by atomic mass is 32.1. The zero-order chi connectivity index (χ0) is 21.7. The lowest BCUT2D eigenvalue weighted by atomic mass is 10.1. The van der Waals surface area contributed by atoms with E-state index in [1.54, 1.807) is 11.3 Å². The average Bonchev–Trinajstić information content (AvgIpc) is 3.25. The molecule has 2 heterocycles. The maximum atomic E-state index is 12.7. The van der Waals surface area contributed by atoms with Gasteiger partial charge in [-0.15, -0.1) is 11.3 Å². The molecule has 1 N–H and O–H groups in total. The maximum absolute atomic E-state index is 12.7. The van der Waals surface area contributed by atoms with Crippen LogP contribution in [0, 0.1) is 13.8 Å². The van der Waals surface area contributed by atoms with Crippen molar-refractivity contribution in [2.75, 3.05) is 51.6 Å². The molecule has 1 saturated heterocycles. The van der Waals surface area contributed by atoms with Crippen molar-refractivity contribution in [3.05, 3.63) is 51.7 Å². The van der Waals surface area contributed by atoms with Crippen molar-refractivity contribution in [2.45, 2.75) is 26.8 Å². The number of piperazine rings is 1. The predicted molar refractivity (Wildman–Crippen MR) is 123 cm³/mol. The van der Waals surface area contributed by atoms with Crippen molar-refractivity contribution < 1.29 is 9.59 Å². The summed E-state index contributed by atoms with van der Waals surface area (Å²) in [6.45, 7) is 9.66. The lowest BCUT2D eigenvalue weighted by molar-refractivity contribution is -0.134. The minimum Gasteiger partial charge on any atom is -0.339 e. The number of rotatable bonds is 7. The molecule has 0 saturated carbocycles. The van der Waals surface area contributed by atoms with Gasteiger partial charge in [0.2, 0.25) is 11.8 Å². The third-order valence-corrected chi connectivity index (χ3v) is 6.88. The Labute approximate surface area is 183 Å². The first-order valence-corrected chi connectivity index (χ1v) is 11.3. The largest absolute Gasteiger partial charge is 0.339 e. The van der Waals surface area contributed by atoms with Crippen LogP contribution in [0.3, 0.4) is 0 Å². The van der Waals surface area contributed by atoms with Crippen LogP contribution in [0.25, 0.3) is 0 Å². The second kappa shape index (κ2) is 10.2. The molecule has 0 bridgehead atoms. The number of thiophene rings is 1. The van der Waals surface area contributed by atoms with Gasteiger partial charge in [0.25, 0.3) is 0 Å². The molecular weight excluding hydrogens is 396 g/mol. The fourth-order valence-corrected chi connectivity index (χ4v) is 4.59. The topological polar surface area (TPSA) is 55.9 Å². The van der Waals surface area contributed by atoms with E-state index in [1.165, 1.54) is 4.88 Å². The molecule has 1 aliphatic heterocycles. The first kappa shape index (κ1) is 22.5. The van der Waals surface area contributed by atoms with E-state index in [4.69, 9.17) is 0 Å². The van der Waals surface area contributed by atoms with E-state index in [0.29, 0.717) is 26.2 Å². The van der Waals surface area contributed by atoms with Crippen molar-refractivity contribution in [3.8, 4) is 0 Å². The Bertz CT molecular complexity index is 840. The summed E-state index contributed by atoms with van der Waals surface area (Å²) in [5.41, 5.74) is 3.04. The summed E-state index contributed by atoms with van der Waals surface area (Å²) in [5, 5.41) is 5.11. The van der Waals surface area contributed by atoms with Crippen LogP contribution < -0.4 is 5.32 Å². The zero-order valence-corrected chi connectivity index (χ0v) is 19.2. The van der Waals surface area contributed by atoms with Gasteiger partial charge in [-0.05, 0) is 50.4 Å². The van der Waals surface area contributed by atoms with Gasteiger partial charge in [0.1, 0.15) is 0 Å². The monoisotopic (exact) mass is 428 g/mol. The number of aryl methyl sites for hydroxylation is 2. The number of hydrogen-bond acceptors (Lipinski definition) is 5. The van der Waals surface area contributed by atoms with Gasteiger partial charge >= 0.3 is 0 Å². The predicted octanol–water partition coefficient (Wildman–Crippen LogP) is 3.14. The summed E-state index contributed by atoms with van der Waals surface area (Å²) in [6.07, 6.45) is 0. The lowest BCUT2D eigenvalue weighted by Gasteiger charge is -2.35. The molecule has 2 aromatic rings. The van der Waals surface area contributed by atoms with Gasteiger partial charge in [-0.1, -0.05) is 24.3 Å². The smallest absolute Gasteiger partial charge is 0.238 e. The summed E-state index contributed by atoms with van der Waals surface area (Å²) in [7, 11) is 2.00. The standard InChI is InChI=1S/C23H32N4O2S/c1-17-7-5-8-18(2)23(17)24-21(28)15-26-10-12-27(13-11-26)22(29)16-25(4)19(3)20-9-6-14-30-20/h5-9,14,19H,10-13,15-16H2,1-4H3,(H,24,28). The fourth-order valence-electron chi connectivity index (χ4n) is 3.75. The number of likely N-dealkylation sites (N-methyl/N-ethyl adjacent to an activating group) is 1. The van der Waals surface area contributed by atoms with Crippen LogP contribution in [-0.2, 0) is 9.59 Å². The second-order valence-corrected chi connectivity index (χ2v) is 9.06. The van der Waals surface area contributed by atoms with Crippen molar-refractivity contribution in [1.82, 2.24) is 14.7 Å². The van der Waals surface area contributed by atoms with Crippen LogP contribution in [0.1, 0.15) is 29.0 Å². The minimum atomic E-state index is -0.00307. The molecule has 1 fully saturated rings. The molecular formula is C23H32N4O2S. The Morgan fingerprint density at radius 1 is 1.10 bits per heavy atom. The lowest BCUT2D eigenvalue weighted by Crippen LogP contribution is -2.52. The average molecular weight is 429 g/mol. The van der Waals surface area contributed by atoms with Gasteiger partial charge in [0.15, 0.2) is 0 Å². The van der Waals surface area contributed by atoms with Crippen molar-refractivity contribution >= 4 is 28.8 Å². The molecule has 162 valence electrons. The highest BCUT2D eigenvalue weighted by Gasteiger charge is 2.24. The van der Waals surface area contributed by atoms with Crippen LogP contribution in [0.2, 0.25) is 0 Å². The number of para-hydroxylation sites is 1. The summed E-state index contributed by atoms with van der Waals surface area (Å²) in [5.74, 6) is 0.150. The molecule has 2 amide bonds. The van der Waals surface area contributed by atoms with E-state index in [9.17, 15) is 9.59 Å². The number of anilines is 1. The maximum Gasteiger partial charge on any atom is 0.238 e. The third-order valence-electron chi connectivity index (χ3n) is 5.84. The minimum absolute atomic E-state index is 0.00307. The number of nitrogens with zero attached hydrogens (tertiary/aromatic N) is 3. The van der Waals surface area contributed by atoms with Crippen LogP contribution in [0.15, 0.2) is 35.7 Å². The summed E-state index contributed by atoms with van der Waals surface area (Å²) >= 11 is 1.72. The van der Waals surface area contributed by atoms with E-state index in [0.717, 1.165) is 29.9 Å². The molecule has 1 unspecified atom stereocenters.